The molecule has 0 aliphatic rings. The molecule has 2 heterocycles. The smallest absolute Gasteiger partial charge is 0.253 e. The lowest BCUT2D eigenvalue weighted by atomic mass is 10.2. The fraction of sp³-hybridized carbons (Fsp3) is 0.286. The molecule has 1 N–H and O–H groups in total. The maximum Gasteiger partial charge on any atom is 0.253 e. The second-order valence-corrected chi connectivity index (χ2v) is 6.34. The number of hydrogen-bond acceptors (Lipinski definition) is 4. The van der Waals surface area contributed by atoms with Gasteiger partial charge in [0.1, 0.15) is 5.75 Å². The second kappa shape index (κ2) is 8.03. The standard InChI is InChI=1S/C21H24N4O2/c1-5-27-19-9-7-6-8-17(19)12-23-21(26)18-10-11-20(22-13-18)25-16(4)14(2)15(3)24-25/h6-11,13H,5,12H2,1-4H3,(H,23,26). The normalized spacial score (nSPS) is 10.7. The minimum absolute atomic E-state index is 0.176. The number of aryl methyl sites for hydroxylation is 1. The average Bonchev–Trinajstić information content (AvgIpc) is 2.95. The van der Waals surface area contributed by atoms with Gasteiger partial charge in [-0.15, -0.1) is 0 Å². The molecule has 0 radical (unpaired) electrons. The van der Waals surface area contributed by atoms with Crippen molar-refractivity contribution in [2.75, 3.05) is 6.61 Å². The second-order valence-electron chi connectivity index (χ2n) is 6.34. The number of amides is 1. The van der Waals surface area contributed by atoms with Crippen LogP contribution in [0.1, 0.15) is 39.8 Å². The monoisotopic (exact) mass is 364 g/mol. The molecular weight excluding hydrogens is 340 g/mol. The Bertz CT molecular complexity index is 945. The lowest BCUT2D eigenvalue weighted by molar-refractivity contribution is 0.0950. The first-order valence-corrected chi connectivity index (χ1v) is 8.99. The molecule has 0 aliphatic heterocycles. The maximum absolute atomic E-state index is 12.4. The summed E-state index contributed by atoms with van der Waals surface area (Å²) < 4.78 is 7.39. The molecule has 0 unspecified atom stereocenters. The van der Waals surface area contributed by atoms with E-state index in [1.165, 1.54) is 0 Å². The van der Waals surface area contributed by atoms with Crippen molar-refractivity contribution in [2.45, 2.75) is 34.2 Å². The highest BCUT2D eigenvalue weighted by Crippen LogP contribution is 2.18. The van der Waals surface area contributed by atoms with Gasteiger partial charge < -0.3 is 10.1 Å². The van der Waals surface area contributed by atoms with Crippen molar-refractivity contribution in [3.63, 3.8) is 0 Å². The number of hydrogen-bond donors (Lipinski definition) is 1. The zero-order chi connectivity index (χ0) is 19.4. The van der Waals surface area contributed by atoms with Gasteiger partial charge in [0, 0.05) is 24.0 Å². The Labute approximate surface area is 159 Å². The van der Waals surface area contributed by atoms with E-state index in [-0.39, 0.29) is 5.91 Å². The number of para-hydroxylation sites is 1. The molecule has 0 spiro atoms. The van der Waals surface area contributed by atoms with Crippen LogP contribution in [0.2, 0.25) is 0 Å². The molecule has 1 aromatic carbocycles. The molecule has 0 bridgehead atoms. The van der Waals surface area contributed by atoms with Gasteiger partial charge in [0.2, 0.25) is 0 Å². The predicted octanol–water partition coefficient (Wildman–Crippen LogP) is 3.52. The molecule has 0 aliphatic carbocycles. The topological polar surface area (TPSA) is 69.0 Å². The summed E-state index contributed by atoms with van der Waals surface area (Å²) in [7, 11) is 0. The number of carbonyl (C=O) groups is 1. The van der Waals surface area contributed by atoms with Crippen LogP contribution < -0.4 is 10.1 Å². The molecule has 27 heavy (non-hydrogen) atoms. The van der Waals surface area contributed by atoms with Crippen LogP contribution in [0.4, 0.5) is 0 Å². The summed E-state index contributed by atoms with van der Waals surface area (Å²) in [4.78, 5) is 16.8. The highest BCUT2D eigenvalue weighted by Gasteiger charge is 2.12. The number of aromatic nitrogens is 3. The Hall–Kier alpha value is -3.15. The largest absolute Gasteiger partial charge is 0.494 e. The molecule has 3 aromatic rings. The number of nitrogens with one attached hydrogen (secondary N) is 1. The summed E-state index contributed by atoms with van der Waals surface area (Å²) in [5.41, 5.74) is 4.61. The van der Waals surface area contributed by atoms with Crippen molar-refractivity contribution >= 4 is 5.91 Å². The average molecular weight is 364 g/mol. The molecule has 140 valence electrons. The number of carbonyl (C=O) groups excluding carboxylic acids is 1. The fourth-order valence-corrected chi connectivity index (χ4v) is 2.81. The summed E-state index contributed by atoms with van der Waals surface area (Å²) >= 11 is 0. The van der Waals surface area contributed by atoms with Gasteiger partial charge in [-0.1, -0.05) is 18.2 Å². The number of ether oxygens (including phenoxy) is 1. The highest BCUT2D eigenvalue weighted by molar-refractivity contribution is 5.93. The van der Waals surface area contributed by atoms with Crippen LogP contribution in [-0.4, -0.2) is 27.3 Å². The molecule has 0 saturated carbocycles. The molecule has 3 rings (SSSR count). The van der Waals surface area contributed by atoms with Crippen molar-refractivity contribution in [1.82, 2.24) is 20.1 Å². The van der Waals surface area contributed by atoms with E-state index in [1.54, 1.807) is 16.9 Å². The van der Waals surface area contributed by atoms with Crippen molar-refractivity contribution < 1.29 is 9.53 Å². The van der Waals surface area contributed by atoms with Gasteiger partial charge in [0.15, 0.2) is 5.82 Å². The van der Waals surface area contributed by atoms with Crippen molar-refractivity contribution in [3.05, 3.63) is 70.7 Å². The van der Waals surface area contributed by atoms with Gasteiger partial charge >= 0.3 is 0 Å². The molecule has 0 fully saturated rings. The van der Waals surface area contributed by atoms with E-state index in [2.05, 4.69) is 15.4 Å². The van der Waals surface area contributed by atoms with E-state index in [0.717, 1.165) is 28.3 Å². The Morgan fingerprint density at radius 2 is 1.93 bits per heavy atom. The van der Waals surface area contributed by atoms with Crippen molar-refractivity contribution in [2.24, 2.45) is 0 Å². The first-order chi connectivity index (χ1) is 13.0. The summed E-state index contributed by atoms with van der Waals surface area (Å²) in [6.07, 6.45) is 1.57. The van der Waals surface area contributed by atoms with Gasteiger partial charge in [-0.25, -0.2) is 9.67 Å². The summed E-state index contributed by atoms with van der Waals surface area (Å²) in [6, 6.07) is 11.3. The van der Waals surface area contributed by atoms with E-state index in [1.807, 2.05) is 58.0 Å². The van der Waals surface area contributed by atoms with E-state index in [9.17, 15) is 4.79 Å². The third-order valence-electron chi connectivity index (χ3n) is 4.59. The number of benzene rings is 1. The molecule has 6 heteroatoms. The zero-order valence-corrected chi connectivity index (χ0v) is 16.1. The third kappa shape index (κ3) is 4.00. The van der Waals surface area contributed by atoms with Crippen LogP contribution in [0, 0.1) is 20.8 Å². The van der Waals surface area contributed by atoms with Crippen LogP contribution in [0.3, 0.4) is 0 Å². The first kappa shape index (κ1) is 18.6. The Balaban J connectivity index is 1.70. The third-order valence-corrected chi connectivity index (χ3v) is 4.59. The molecule has 1 amide bonds. The number of nitrogens with zero attached hydrogens (tertiary/aromatic N) is 3. The molecule has 2 aromatic heterocycles. The maximum atomic E-state index is 12.4. The summed E-state index contributed by atoms with van der Waals surface area (Å²) in [5.74, 6) is 1.31. The van der Waals surface area contributed by atoms with Crippen LogP contribution in [0.15, 0.2) is 42.6 Å². The van der Waals surface area contributed by atoms with Crippen LogP contribution in [-0.2, 0) is 6.54 Å². The Morgan fingerprint density at radius 3 is 2.56 bits per heavy atom. The van der Waals surface area contributed by atoms with E-state index < -0.39 is 0 Å². The summed E-state index contributed by atoms with van der Waals surface area (Å²) in [5, 5.41) is 7.41. The van der Waals surface area contributed by atoms with Crippen molar-refractivity contribution in [1.29, 1.82) is 0 Å². The Kier molecular flexibility index (Phi) is 5.54. The highest BCUT2D eigenvalue weighted by atomic mass is 16.5. The molecule has 0 atom stereocenters. The van der Waals surface area contributed by atoms with Gasteiger partial charge in [-0.05, 0) is 51.5 Å². The van der Waals surface area contributed by atoms with E-state index >= 15 is 0 Å². The zero-order valence-electron chi connectivity index (χ0n) is 16.1. The molecular formula is C21H24N4O2. The molecule has 0 saturated heterocycles. The minimum Gasteiger partial charge on any atom is -0.494 e. The van der Waals surface area contributed by atoms with Gasteiger partial charge in [-0.3, -0.25) is 4.79 Å². The lowest BCUT2D eigenvalue weighted by Gasteiger charge is -2.11. The first-order valence-electron chi connectivity index (χ1n) is 8.99. The molecule has 6 nitrogen and oxygen atoms in total. The van der Waals surface area contributed by atoms with Crippen LogP contribution in [0.25, 0.3) is 5.82 Å². The van der Waals surface area contributed by atoms with Crippen molar-refractivity contribution in [3.8, 4) is 11.6 Å². The Morgan fingerprint density at radius 1 is 1.15 bits per heavy atom. The summed E-state index contributed by atoms with van der Waals surface area (Å²) in [6.45, 7) is 8.94. The van der Waals surface area contributed by atoms with E-state index in [4.69, 9.17) is 4.74 Å². The van der Waals surface area contributed by atoms with Crippen LogP contribution >= 0.6 is 0 Å². The quantitative estimate of drug-likeness (QED) is 0.727. The van der Waals surface area contributed by atoms with E-state index in [0.29, 0.717) is 24.5 Å². The van der Waals surface area contributed by atoms with Gasteiger partial charge in [0.05, 0.1) is 17.9 Å². The fourth-order valence-electron chi connectivity index (χ4n) is 2.81. The number of pyridine rings is 1. The van der Waals surface area contributed by atoms with Crippen LogP contribution in [0.5, 0.6) is 5.75 Å². The lowest BCUT2D eigenvalue weighted by Crippen LogP contribution is -2.23. The number of rotatable bonds is 6. The minimum atomic E-state index is -0.176. The van der Waals surface area contributed by atoms with Gasteiger partial charge in [0.25, 0.3) is 5.91 Å². The predicted molar refractivity (Wildman–Crippen MR) is 104 cm³/mol. The van der Waals surface area contributed by atoms with Gasteiger partial charge in [-0.2, -0.15) is 5.10 Å². The SMILES string of the molecule is CCOc1ccccc1CNC(=O)c1ccc(-n2nc(C)c(C)c2C)nc1.